The number of aromatic nitrogens is 1. The SMILES string of the molecule is CN(CCC#N)c1nc(Cl)cs1. The van der Waals surface area contributed by atoms with E-state index < -0.39 is 0 Å². The summed E-state index contributed by atoms with van der Waals surface area (Å²) in [6, 6.07) is 2.08. The lowest BCUT2D eigenvalue weighted by Crippen LogP contribution is -2.17. The molecule has 0 aliphatic heterocycles. The molecule has 0 amide bonds. The average Bonchev–Trinajstić information content (AvgIpc) is 2.47. The molecule has 1 rings (SSSR count). The third-order valence-electron chi connectivity index (χ3n) is 1.35. The zero-order chi connectivity index (χ0) is 8.97. The Morgan fingerprint density at radius 1 is 1.83 bits per heavy atom. The maximum absolute atomic E-state index is 8.35. The van der Waals surface area contributed by atoms with Crippen LogP contribution in [0.5, 0.6) is 0 Å². The van der Waals surface area contributed by atoms with Gasteiger partial charge in [-0.05, 0) is 0 Å². The van der Waals surface area contributed by atoms with Crippen LogP contribution in [0.4, 0.5) is 5.13 Å². The van der Waals surface area contributed by atoms with Gasteiger partial charge in [0.05, 0.1) is 12.5 Å². The fourth-order valence-electron chi connectivity index (χ4n) is 0.734. The summed E-state index contributed by atoms with van der Waals surface area (Å²) in [6.07, 6.45) is 0.508. The van der Waals surface area contributed by atoms with Crippen molar-refractivity contribution in [3.05, 3.63) is 10.5 Å². The number of nitriles is 1. The van der Waals surface area contributed by atoms with Crippen molar-refractivity contribution < 1.29 is 0 Å². The number of halogens is 1. The lowest BCUT2D eigenvalue weighted by Gasteiger charge is -2.12. The molecule has 1 heterocycles. The highest BCUT2D eigenvalue weighted by Gasteiger charge is 2.04. The Morgan fingerprint density at radius 2 is 2.58 bits per heavy atom. The molecule has 1 aromatic rings. The molecule has 0 spiro atoms. The van der Waals surface area contributed by atoms with Crippen LogP contribution in [0.3, 0.4) is 0 Å². The van der Waals surface area contributed by atoms with Crippen molar-refractivity contribution in [1.82, 2.24) is 4.98 Å². The van der Waals surface area contributed by atoms with Crippen molar-refractivity contribution in [1.29, 1.82) is 5.26 Å². The summed E-state index contributed by atoms with van der Waals surface area (Å²) in [7, 11) is 1.90. The molecule has 0 atom stereocenters. The molecule has 0 aliphatic carbocycles. The number of anilines is 1. The first-order valence-corrected chi connectivity index (χ1v) is 4.69. The van der Waals surface area contributed by atoms with Gasteiger partial charge in [-0.2, -0.15) is 5.26 Å². The van der Waals surface area contributed by atoms with Crippen molar-refractivity contribution in [2.24, 2.45) is 0 Å². The maximum Gasteiger partial charge on any atom is 0.186 e. The highest BCUT2D eigenvalue weighted by Crippen LogP contribution is 2.21. The van der Waals surface area contributed by atoms with Gasteiger partial charge < -0.3 is 4.90 Å². The van der Waals surface area contributed by atoms with E-state index in [1.807, 2.05) is 11.9 Å². The molecule has 0 saturated carbocycles. The summed E-state index contributed by atoms with van der Waals surface area (Å²) in [5, 5.41) is 11.5. The van der Waals surface area contributed by atoms with Crippen molar-refractivity contribution >= 4 is 28.1 Å². The van der Waals surface area contributed by atoms with Gasteiger partial charge in [-0.25, -0.2) is 4.98 Å². The minimum atomic E-state index is 0.508. The quantitative estimate of drug-likeness (QED) is 0.753. The molecule has 5 heteroatoms. The Balaban J connectivity index is 2.54. The second-order valence-corrected chi connectivity index (χ2v) is 3.51. The number of rotatable bonds is 3. The summed E-state index contributed by atoms with van der Waals surface area (Å²) >= 11 is 7.13. The molecule has 0 aromatic carbocycles. The van der Waals surface area contributed by atoms with Gasteiger partial charge in [-0.15, -0.1) is 11.3 Å². The van der Waals surface area contributed by atoms with E-state index in [9.17, 15) is 0 Å². The van der Waals surface area contributed by atoms with Crippen LogP contribution >= 0.6 is 22.9 Å². The van der Waals surface area contributed by atoms with Crippen LogP contribution in [0.15, 0.2) is 5.38 Å². The summed E-state index contributed by atoms with van der Waals surface area (Å²) in [5.41, 5.74) is 0. The summed E-state index contributed by atoms with van der Waals surface area (Å²) in [4.78, 5) is 5.98. The van der Waals surface area contributed by atoms with Gasteiger partial charge in [-0.3, -0.25) is 0 Å². The molecule has 0 radical (unpaired) electrons. The highest BCUT2D eigenvalue weighted by molar-refractivity contribution is 7.14. The minimum absolute atomic E-state index is 0.508. The van der Waals surface area contributed by atoms with E-state index in [-0.39, 0.29) is 0 Å². The van der Waals surface area contributed by atoms with Gasteiger partial charge in [0.1, 0.15) is 5.15 Å². The van der Waals surface area contributed by atoms with Gasteiger partial charge in [0.25, 0.3) is 0 Å². The first-order valence-electron chi connectivity index (χ1n) is 3.43. The number of nitrogens with zero attached hydrogens (tertiary/aromatic N) is 3. The van der Waals surface area contributed by atoms with Gasteiger partial charge in [0, 0.05) is 19.0 Å². The van der Waals surface area contributed by atoms with E-state index in [0.29, 0.717) is 18.1 Å². The van der Waals surface area contributed by atoms with E-state index in [4.69, 9.17) is 16.9 Å². The maximum atomic E-state index is 8.35. The fourth-order valence-corrected chi connectivity index (χ4v) is 1.68. The average molecular weight is 202 g/mol. The van der Waals surface area contributed by atoms with Crippen LogP contribution in [-0.2, 0) is 0 Å². The van der Waals surface area contributed by atoms with E-state index >= 15 is 0 Å². The van der Waals surface area contributed by atoms with Gasteiger partial charge in [-0.1, -0.05) is 11.6 Å². The molecule has 0 bridgehead atoms. The molecule has 64 valence electrons. The molecule has 1 aromatic heterocycles. The van der Waals surface area contributed by atoms with Gasteiger partial charge >= 0.3 is 0 Å². The van der Waals surface area contributed by atoms with E-state index in [2.05, 4.69) is 11.1 Å². The Bertz CT molecular complexity index is 291. The summed E-state index contributed by atoms with van der Waals surface area (Å²) in [5.74, 6) is 0. The molecule has 3 nitrogen and oxygen atoms in total. The second-order valence-electron chi connectivity index (χ2n) is 2.28. The lowest BCUT2D eigenvalue weighted by atomic mass is 10.4. The third-order valence-corrected chi connectivity index (χ3v) is 2.63. The first-order chi connectivity index (χ1) is 5.74. The van der Waals surface area contributed by atoms with Crippen LogP contribution in [0.25, 0.3) is 0 Å². The first kappa shape index (κ1) is 9.30. The zero-order valence-electron chi connectivity index (χ0n) is 6.62. The summed E-state index contributed by atoms with van der Waals surface area (Å²) < 4.78 is 0. The van der Waals surface area contributed by atoms with Crippen LogP contribution in [0.1, 0.15) is 6.42 Å². The minimum Gasteiger partial charge on any atom is -0.350 e. The third kappa shape index (κ3) is 2.36. The topological polar surface area (TPSA) is 39.9 Å². The number of hydrogen-bond donors (Lipinski definition) is 0. The lowest BCUT2D eigenvalue weighted by molar-refractivity contribution is 0.899. The standard InChI is InChI=1S/C7H8ClN3S/c1-11(4-2-3-9)7-10-6(8)5-12-7/h5H,2,4H2,1H3. The van der Waals surface area contributed by atoms with E-state index in [1.54, 1.807) is 5.38 Å². The highest BCUT2D eigenvalue weighted by atomic mass is 35.5. The van der Waals surface area contributed by atoms with Crippen molar-refractivity contribution in [2.45, 2.75) is 6.42 Å². The predicted octanol–water partition coefficient (Wildman–Crippen LogP) is 2.15. The van der Waals surface area contributed by atoms with Gasteiger partial charge in [0.2, 0.25) is 0 Å². The predicted molar refractivity (Wildman–Crippen MR) is 50.6 cm³/mol. The normalized spacial score (nSPS) is 9.42. The molecule has 12 heavy (non-hydrogen) atoms. The van der Waals surface area contributed by atoms with Crippen LogP contribution in [0, 0.1) is 11.3 Å². The molecule has 0 unspecified atom stereocenters. The molecule has 0 saturated heterocycles. The van der Waals surface area contributed by atoms with E-state index in [1.165, 1.54) is 11.3 Å². The van der Waals surface area contributed by atoms with Crippen LogP contribution < -0.4 is 4.90 Å². The van der Waals surface area contributed by atoms with Crippen LogP contribution in [-0.4, -0.2) is 18.6 Å². The number of thiazole rings is 1. The van der Waals surface area contributed by atoms with Crippen molar-refractivity contribution in [3.8, 4) is 6.07 Å². The Kier molecular flexibility index (Phi) is 3.32. The molecular formula is C7H8ClN3S. The Labute approximate surface area is 80.2 Å². The second kappa shape index (κ2) is 4.29. The van der Waals surface area contributed by atoms with Crippen molar-refractivity contribution in [3.63, 3.8) is 0 Å². The monoisotopic (exact) mass is 201 g/mol. The van der Waals surface area contributed by atoms with Crippen molar-refractivity contribution in [2.75, 3.05) is 18.5 Å². The molecule has 0 fully saturated rings. The van der Waals surface area contributed by atoms with E-state index in [0.717, 1.165) is 5.13 Å². The fraction of sp³-hybridized carbons (Fsp3) is 0.429. The summed E-state index contributed by atoms with van der Waals surface area (Å²) in [6.45, 7) is 0.695. The smallest absolute Gasteiger partial charge is 0.186 e. The Hall–Kier alpha value is -0.790. The zero-order valence-corrected chi connectivity index (χ0v) is 8.19. The number of hydrogen-bond acceptors (Lipinski definition) is 4. The Morgan fingerprint density at radius 3 is 3.08 bits per heavy atom. The van der Waals surface area contributed by atoms with Crippen LogP contribution in [0.2, 0.25) is 5.15 Å². The molecule has 0 N–H and O–H groups in total. The van der Waals surface area contributed by atoms with Gasteiger partial charge in [0.15, 0.2) is 5.13 Å². The largest absolute Gasteiger partial charge is 0.350 e. The molecular weight excluding hydrogens is 194 g/mol. The molecule has 0 aliphatic rings.